The van der Waals surface area contributed by atoms with Crippen LogP contribution in [0.4, 0.5) is 0 Å². The van der Waals surface area contributed by atoms with Gasteiger partial charge in [0.1, 0.15) is 0 Å². The summed E-state index contributed by atoms with van der Waals surface area (Å²) in [5.74, 6) is 1.08. The smallest absolute Gasteiger partial charge is 0.251 e. The molecule has 100 valence electrons. The minimum atomic E-state index is 0.00548. The summed E-state index contributed by atoms with van der Waals surface area (Å²) in [6.07, 6.45) is 3.08. The zero-order valence-corrected chi connectivity index (χ0v) is 13.2. The van der Waals surface area contributed by atoms with E-state index in [1.165, 1.54) is 0 Å². The van der Waals surface area contributed by atoms with Crippen molar-refractivity contribution in [3.63, 3.8) is 0 Å². The number of halogens is 1. The second-order valence-electron chi connectivity index (χ2n) is 4.31. The van der Waals surface area contributed by atoms with Gasteiger partial charge in [0.15, 0.2) is 0 Å². The molecule has 0 aliphatic carbocycles. The van der Waals surface area contributed by atoms with Gasteiger partial charge in [-0.1, -0.05) is 28.1 Å². The van der Waals surface area contributed by atoms with Gasteiger partial charge < -0.3 is 5.32 Å². The lowest BCUT2D eigenvalue weighted by atomic mass is 10.1. The summed E-state index contributed by atoms with van der Waals surface area (Å²) in [6.45, 7) is 0.734. The number of thioether (sulfide) groups is 1. The summed E-state index contributed by atoms with van der Waals surface area (Å²) < 4.78 is 1.05. The Morgan fingerprint density at radius 3 is 2.74 bits per heavy atom. The van der Waals surface area contributed by atoms with E-state index in [1.54, 1.807) is 11.8 Å². The van der Waals surface area contributed by atoms with E-state index in [0.717, 1.165) is 39.5 Å². The third-order valence-electron chi connectivity index (χ3n) is 2.88. The zero-order valence-electron chi connectivity index (χ0n) is 10.8. The van der Waals surface area contributed by atoms with Crippen molar-refractivity contribution in [3.8, 4) is 0 Å². The first-order chi connectivity index (χ1) is 9.20. The standard InChI is InChI=1S/C15H16BrNOS/c1-19-8-2-7-17-15(18)13-4-3-12-10-14(16)6-5-11(12)9-13/h3-6,9-10H,2,7-8H2,1H3,(H,17,18). The molecule has 0 fully saturated rings. The molecule has 0 aromatic heterocycles. The molecular formula is C15H16BrNOS. The third-order valence-corrected chi connectivity index (χ3v) is 4.07. The third kappa shape index (κ3) is 3.98. The molecular weight excluding hydrogens is 322 g/mol. The Balaban J connectivity index is 2.08. The monoisotopic (exact) mass is 337 g/mol. The summed E-state index contributed by atoms with van der Waals surface area (Å²) >= 11 is 5.24. The Bertz CT molecular complexity index is 585. The van der Waals surface area contributed by atoms with Gasteiger partial charge in [-0.3, -0.25) is 4.79 Å². The zero-order chi connectivity index (χ0) is 13.7. The van der Waals surface area contributed by atoms with E-state index < -0.39 is 0 Å². The van der Waals surface area contributed by atoms with Crippen LogP contribution in [0.3, 0.4) is 0 Å². The van der Waals surface area contributed by atoms with Crippen molar-refractivity contribution in [3.05, 3.63) is 46.4 Å². The number of rotatable bonds is 5. The molecule has 2 nitrogen and oxygen atoms in total. The molecule has 19 heavy (non-hydrogen) atoms. The van der Waals surface area contributed by atoms with E-state index in [1.807, 2.05) is 30.3 Å². The first-order valence-electron chi connectivity index (χ1n) is 6.17. The molecule has 4 heteroatoms. The average Bonchev–Trinajstić information content (AvgIpc) is 2.42. The van der Waals surface area contributed by atoms with Crippen LogP contribution in [0.2, 0.25) is 0 Å². The molecule has 0 saturated heterocycles. The van der Waals surface area contributed by atoms with Gasteiger partial charge in [-0.05, 0) is 53.5 Å². The van der Waals surface area contributed by atoms with E-state index in [0.29, 0.717) is 0 Å². The Labute approximate surface area is 126 Å². The number of nitrogens with one attached hydrogen (secondary N) is 1. The molecule has 0 radical (unpaired) electrons. The lowest BCUT2D eigenvalue weighted by Crippen LogP contribution is -2.24. The van der Waals surface area contributed by atoms with Crippen molar-refractivity contribution in [2.75, 3.05) is 18.6 Å². The fourth-order valence-electron chi connectivity index (χ4n) is 1.88. The quantitative estimate of drug-likeness (QED) is 0.832. The van der Waals surface area contributed by atoms with E-state index in [9.17, 15) is 4.79 Å². The van der Waals surface area contributed by atoms with Gasteiger partial charge in [-0.15, -0.1) is 0 Å². The molecule has 0 aliphatic rings. The van der Waals surface area contributed by atoms with Crippen LogP contribution < -0.4 is 5.32 Å². The molecule has 0 spiro atoms. The molecule has 0 atom stereocenters. The summed E-state index contributed by atoms with van der Waals surface area (Å²) in [5.41, 5.74) is 0.721. The van der Waals surface area contributed by atoms with Crippen LogP contribution in [-0.2, 0) is 0 Å². The van der Waals surface area contributed by atoms with Crippen LogP contribution in [0.15, 0.2) is 40.9 Å². The highest BCUT2D eigenvalue weighted by atomic mass is 79.9. The average molecular weight is 338 g/mol. The normalized spacial score (nSPS) is 10.6. The molecule has 0 saturated carbocycles. The first-order valence-corrected chi connectivity index (χ1v) is 8.36. The predicted molar refractivity (Wildman–Crippen MR) is 87.0 cm³/mol. The maximum atomic E-state index is 12.0. The lowest BCUT2D eigenvalue weighted by Gasteiger charge is -2.06. The summed E-state index contributed by atoms with van der Waals surface area (Å²) in [6, 6.07) is 11.9. The summed E-state index contributed by atoms with van der Waals surface area (Å²) in [4.78, 5) is 12.0. The fourth-order valence-corrected chi connectivity index (χ4v) is 2.69. The maximum Gasteiger partial charge on any atom is 0.251 e. The number of amides is 1. The number of fused-ring (bicyclic) bond motifs is 1. The predicted octanol–water partition coefficient (Wildman–Crippen LogP) is 4.09. The van der Waals surface area contributed by atoms with Crippen molar-refractivity contribution in [2.24, 2.45) is 0 Å². The summed E-state index contributed by atoms with van der Waals surface area (Å²) in [7, 11) is 0. The van der Waals surface area contributed by atoms with E-state index >= 15 is 0 Å². The Morgan fingerprint density at radius 2 is 1.95 bits per heavy atom. The molecule has 1 N–H and O–H groups in total. The van der Waals surface area contributed by atoms with Gasteiger partial charge in [-0.25, -0.2) is 0 Å². The highest BCUT2D eigenvalue weighted by Gasteiger charge is 2.05. The van der Waals surface area contributed by atoms with Crippen molar-refractivity contribution in [1.82, 2.24) is 5.32 Å². The first kappa shape index (κ1) is 14.4. The van der Waals surface area contributed by atoms with Crippen molar-refractivity contribution in [1.29, 1.82) is 0 Å². The topological polar surface area (TPSA) is 29.1 Å². The van der Waals surface area contributed by atoms with Gasteiger partial charge in [0.25, 0.3) is 5.91 Å². The molecule has 0 unspecified atom stereocenters. The van der Waals surface area contributed by atoms with Crippen LogP contribution in [0.5, 0.6) is 0 Å². The Morgan fingerprint density at radius 1 is 1.21 bits per heavy atom. The van der Waals surface area contributed by atoms with Crippen LogP contribution in [0.25, 0.3) is 10.8 Å². The second kappa shape index (κ2) is 6.96. The number of hydrogen-bond acceptors (Lipinski definition) is 2. The molecule has 1 amide bonds. The Hall–Kier alpha value is -1.00. The van der Waals surface area contributed by atoms with E-state index in [2.05, 4.69) is 33.6 Å². The fraction of sp³-hybridized carbons (Fsp3) is 0.267. The molecule has 0 bridgehead atoms. The molecule has 2 aromatic carbocycles. The summed E-state index contributed by atoms with van der Waals surface area (Å²) in [5, 5.41) is 5.16. The SMILES string of the molecule is CSCCCNC(=O)c1ccc2cc(Br)ccc2c1. The second-order valence-corrected chi connectivity index (χ2v) is 6.21. The molecule has 2 aromatic rings. The maximum absolute atomic E-state index is 12.0. The van der Waals surface area contributed by atoms with E-state index in [4.69, 9.17) is 0 Å². The number of carbonyl (C=O) groups is 1. The van der Waals surface area contributed by atoms with Crippen LogP contribution in [0.1, 0.15) is 16.8 Å². The molecule has 2 rings (SSSR count). The van der Waals surface area contributed by atoms with Gasteiger partial charge in [0.05, 0.1) is 0 Å². The van der Waals surface area contributed by atoms with Gasteiger partial charge in [0.2, 0.25) is 0 Å². The minimum absolute atomic E-state index is 0.00548. The molecule has 0 heterocycles. The lowest BCUT2D eigenvalue weighted by molar-refractivity contribution is 0.0954. The van der Waals surface area contributed by atoms with Crippen LogP contribution >= 0.6 is 27.7 Å². The highest BCUT2D eigenvalue weighted by Crippen LogP contribution is 2.20. The van der Waals surface area contributed by atoms with E-state index in [-0.39, 0.29) is 5.91 Å². The number of benzene rings is 2. The minimum Gasteiger partial charge on any atom is -0.352 e. The number of carbonyl (C=O) groups excluding carboxylic acids is 1. The Kier molecular flexibility index (Phi) is 5.28. The van der Waals surface area contributed by atoms with Crippen molar-refractivity contribution < 1.29 is 4.79 Å². The van der Waals surface area contributed by atoms with Crippen LogP contribution in [0, 0.1) is 0 Å². The van der Waals surface area contributed by atoms with Crippen LogP contribution in [-0.4, -0.2) is 24.5 Å². The highest BCUT2D eigenvalue weighted by molar-refractivity contribution is 9.10. The largest absolute Gasteiger partial charge is 0.352 e. The van der Waals surface area contributed by atoms with Crippen molar-refractivity contribution >= 4 is 44.4 Å². The number of hydrogen-bond donors (Lipinski definition) is 1. The van der Waals surface area contributed by atoms with Gasteiger partial charge >= 0.3 is 0 Å². The van der Waals surface area contributed by atoms with Gasteiger partial charge in [-0.2, -0.15) is 11.8 Å². The van der Waals surface area contributed by atoms with Gasteiger partial charge in [0, 0.05) is 16.6 Å². The van der Waals surface area contributed by atoms with Crippen molar-refractivity contribution in [2.45, 2.75) is 6.42 Å². The molecule has 0 aliphatic heterocycles.